The fraction of sp³-hybridized carbons (Fsp3) is 0.172. The van der Waals surface area contributed by atoms with E-state index in [1.54, 1.807) is 6.92 Å². The van der Waals surface area contributed by atoms with Crippen LogP contribution >= 0.6 is 0 Å². The molecule has 0 bridgehead atoms. The van der Waals surface area contributed by atoms with Crippen molar-refractivity contribution in [1.29, 1.82) is 0 Å². The van der Waals surface area contributed by atoms with Gasteiger partial charge in [-0.3, -0.25) is 14.7 Å². The molecule has 0 aliphatic heterocycles. The summed E-state index contributed by atoms with van der Waals surface area (Å²) in [5, 5.41) is 11.6. The van der Waals surface area contributed by atoms with Gasteiger partial charge in [0.05, 0.1) is 23.0 Å². The number of allylic oxidation sites excluding steroid dienone is 2. The van der Waals surface area contributed by atoms with Gasteiger partial charge in [-0.05, 0) is 55.2 Å². The van der Waals surface area contributed by atoms with Crippen LogP contribution in [0.4, 0.5) is 11.4 Å². The maximum Gasteiger partial charge on any atom is 0.299 e. The Kier molecular flexibility index (Phi) is 5.87. The number of carbonyl (C=O) groups is 1. The van der Waals surface area contributed by atoms with Crippen LogP contribution in [-0.2, 0) is 4.79 Å². The molecule has 2 atom stereocenters. The Bertz CT molecular complexity index is 1490. The van der Waals surface area contributed by atoms with Crippen molar-refractivity contribution in [3.05, 3.63) is 118 Å². The SMILES string of the molecule is CC1=C(c2ccc(N=Nc3c(C)[nH]n(-c4ccccc4)c3=O)cc2)C(=O)C(c2ccccc2)C1C. The molecule has 0 saturated carbocycles. The minimum Gasteiger partial charge on any atom is -0.293 e. The predicted molar refractivity (Wildman–Crippen MR) is 138 cm³/mol. The minimum absolute atomic E-state index is 0.141. The number of aromatic nitrogens is 2. The third-order valence-electron chi connectivity index (χ3n) is 6.74. The largest absolute Gasteiger partial charge is 0.299 e. The van der Waals surface area contributed by atoms with Crippen LogP contribution in [0.15, 0.2) is 106 Å². The van der Waals surface area contributed by atoms with E-state index in [1.807, 2.05) is 91.9 Å². The number of para-hydroxylation sites is 1. The van der Waals surface area contributed by atoms with Gasteiger partial charge < -0.3 is 0 Å². The van der Waals surface area contributed by atoms with Crippen molar-refractivity contribution in [3.8, 4) is 5.69 Å². The Labute approximate surface area is 203 Å². The summed E-state index contributed by atoms with van der Waals surface area (Å²) in [5.41, 5.74) is 5.79. The highest BCUT2D eigenvalue weighted by Crippen LogP contribution is 2.44. The molecule has 3 aromatic carbocycles. The Morgan fingerprint density at radius 2 is 1.43 bits per heavy atom. The van der Waals surface area contributed by atoms with Gasteiger partial charge in [0.1, 0.15) is 0 Å². The number of azo groups is 1. The second kappa shape index (κ2) is 9.14. The topological polar surface area (TPSA) is 79.6 Å². The lowest BCUT2D eigenvalue weighted by Crippen LogP contribution is -2.13. The van der Waals surface area contributed by atoms with E-state index in [2.05, 4.69) is 22.3 Å². The summed E-state index contributed by atoms with van der Waals surface area (Å²) in [6.07, 6.45) is 0. The number of carbonyl (C=O) groups excluding carboxylic acids is 1. The van der Waals surface area contributed by atoms with E-state index in [1.165, 1.54) is 4.68 Å². The van der Waals surface area contributed by atoms with Crippen molar-refractivity contribution in [1.82, 2.24) is 9.78 Å². The molecule has 6 heteroatoms. The van der Waals surface area contributed by atoms with Crippen LogP contribution in [-0.4, -0.2) is 15.6 Å². The van der Waals surface area contributed by atoms with Crippen LogP contribution in [0.2, 0.25) is 0 Å². The molecular formula is C29H26N4O2. The van der Waals surface area contributed by atoms with Gasteiger partial charge in [-0.15, -0.1) is 5.11 Å². The smallest absolute Gasteiger partial charge is 0.293 e. The Balaban J connectivity index is 1.39. The molecule has 1 aliphatic rings. The fourth-order valence-electron chi connectivity index (χ4n) is 4.74. The summed E-state index contributed by atoms with van der Waals surface area (Å²) >= 11 is 0. The zero-order valence-electron chi connectivity index (χ0n) is 19.9. The van der Waals surface area contributed by atoms with Gasteiger partial charge in [0.25, 0.3) is 5.56 Å². The van der Waals surface area contributed by atoms with Crippen molar-refractivity contribution in [3.63, 3.8) is 0 Å². The molecule has 2 unspecified atom stereocenters. The minimum atomic E-state index is -0.257. The monoisotopic (exact) mass is 462 g/mol. The number of Topliss-reactive ketones (excluding diaryl/α,β-unsaturated/α-hetero) is 1. The van der Waals surface area contributed by atoms with Gasteiger partial charge in [0.15, 0.2) is 11.5 Å². The Morgan fingerprint density at radius 1 is 0.800 bits per heavy atom. The van der Waals surface area contributed by atoms with E-state index < -0.39 is 0 Å². The molecule has 174 valence electrons. The first-order valence-corrected chi connectivity index (χ1v) is 11.6. The van der Waals surface area contributed by atoms with Gasteiger partial charge in [0, 0.05) is 5.57 Å². The molecule has 6 nitrogen and oxygen atoms in total. The molecule has 5 rings (SSSR count). The quantitative estimate of drug-likeness (QED) is 0.336. The molecule has 0 amide bonds. The van der Waals surface area contributed by atoms with E-state index >= 15 is 0 Å². The average Bonchev–Trinajstić information content (AvgIpc) is 3.29. The normalized spacial score (nSPS) is 18.1. The Hall–Kier alpha value is -4.32. The lowest BCUT2D eigenvalue weighted by atomic mass is 9.86. The molecule has 0 radical (unpaired) electrons. The van der Waals surface area contributed by atoms with Crippen molar-refractivity contribution >= 4 is 22.7 Å². The molecule has 1 aromatic heterocycles. The van der Waals surface area contributed by atoms with Crippen molar-refractivity contribution in [2.45, 2.75) is 26.7 Å². The van der Waals surface area contributed by atoms with Crippen LogP contribution in [0.1, 0.15) is 36.6 Å². The van der Waals surface area contributed by atoms with Crippen LogP contribution < -0.4 is 5.56 Å². The average molecular weight is 463 g/mol. The number of hydrogen-bond acceptors (Lipinski definition) is 4. The lowest BCUT2D eigenvalue weighted by molar-refractivity contribution is -0.115. The second-order valence-corrected chi connectivity index (χ2v) is 8.91. The molecule has 0 saturated heterocycles. The van der Waals surface area contributed by atoms with E-state index in [9.17, 15) is 9.59 Å². The van der Waals surface area contributed by atoms with Gasteiger partial charge in [-0.2, -0.15) is 5.11 Å². The van der Waals surface area contributed by atoms with Gasteiger partial charge in [-0.1, -0.05) is 73.2 Å². The zero-order chi connectivity index (χ0) is 24.5. The summed E-state index contributed by atoms with van der Waals surface area (Å²) in [7, 11) is 0. The maximum absolute atomic E-state index is 13.4. The number of H-pyrrole nitrogens is 1. The number of aromatic amines is 1. The second-order valence-electron chi connectivity index (χ2n) is 8.91. The first kappa shape index (κ1) is 22.5. The number of aryl methyl sites for hydroxylation is 1. The maximum atomic E-state index is 13.4. The molecule has 1 heterocycles. The van der Waals surface area contributed by atoms with Gasteiger partial charge >= 0.3 is 0 Å². The molecule has 0 fully saturated rings. The van der Waals surface area contributed by atoms with Crippen molar-refractivity contribution < 1.29 is 4.79 Å². The first-order valence-electron chi connectivity index (χ1n) is 11.6. The highest BCUT2D eigenvalue weighted by Gasteiger charge is 2.38. The number of hydrogen-bond donors (Lipinski definition) is 1. The molecule has 0 spiro atoms. The van der Waals surface area contributed by atoms with Gasteiger partial charge in [0.2, 0.25) is 0 Å². The predicted octanol–water partition coefficient (Wildman–Crippen LogP) is 6.67. The summed E-state index contributed by atoms with van der Waals surface area (Å²) in [6, 6.07) is 26.7. The zero-order valence-corrected chi connectivity index (χ0v) is 19.9. The fourth-order valence-corrected chi connectivity index (χ4v) is 4.74. The number of ketones is 1. The van der Waals surface area contributed by atoms with Crippen molar-refractivity contribution in [2.75, 3.05) is 0 Å². The molecule has 1 aliphatic carbocycles. The van der Waals surface area contributed by atoms with E-state index in [4.69, 9.17) is 0 Å². The molecule has 35 heavy (non-hydrogen) atoms. The third-order valence-corrected chi connectivity index (χ3v) is 6.74. The number of nitrogens with one attached hydrogen (secondary N) is 1. The highest BCUT2D eigenvalue weighted by atomic mass is 16.1. The van der Waals surface area contributed by atoms with Crippen LogP contribution in [0.5, 0.6) is 0 Å². The Morgan fingerprint density at radius 3 is 2.09 bits per heavy atom. The standard InChI is InChI=1S/C29H26N4O2/c1-18-19(2)26(28(34)25(18)21-10-6-4-7-11-21)22-14-16-23(17-15-22)30-31-27-20(3)32-33(29(27)35)24-12-8-5-9-13-24/h4-18,25,32H,1-3H3. The summed E-state index contributed by atoms with van der Waals surface area (Å²) in [4.78, 5) is 26.2. The van der Waals surface area contributed by atoms with Crippen LogP contribution in [0.25, 0.3) is 11.3 Å². The number of nitrogens with zero attached hydrogens (tertiary/aromatic N) is 3. The van der Waals surface area contributed by atoms with Gasteiger partial charge in [-0.25, -0.2) is 4.68 Å². The molecular weight excluding hydrogens is 436 g/mol. The summed E-state index contributed by atoms with van der Waals surface area (Å²) < 4.78 is 1.46. The van der Waals surface area contributed by atoms with E-state index in [0.717, 1.165) is 28.0 Å². The third kappa shape index (κ3) is 4.08. The lowest BCUT2D eigenvalue weighted by Gasteiger charge is -2.15. The molecule has 4 aromatic rings. The highest BCUT2D eigenvalue weighted by molar-refractivity contribution is 6.26. The summed E-state index contributed by atoms with van der Waals surface area (Å²) in [6.45, 7) is 5.95. The molecule has 1 N–H and O–H groups in total. The van der Waals surface area contributed by atoms with Crippen molar-refractivity contribution in [2.24, 2.45) is 16.1 Å². The number of benzene rings is 3. The van der Waals surface area contributed by atoms with E-state index in [0.29, 0.717) is 11.4 Å². The number of rotatable bonds is 5. The first-order chi connectivity index (χ1) is 17.0. The summed E-state index contributed by atoms with van der Waals surface area (Å²) in [5.74, 6) is 0.136. The van der Waals surface area contributed by atoms with Crippen LogP contribution in [0, 0.1) is 12.8 Å². The van der Waals surface area contributed by atoms with E-state index in [-0.39, 0.29) is 28.9 Å². The van der Waals surface area contributed by atoms with Crippen LogP contribution in [0.3, 0.4) is 0 Å².